The lowest BCUT2D eigenvalue weighted by Gasteiger charge is -2.07. The molecule has 2 rings (SSSR count). The molecule has 6 heteroatoms. The van der Waals surface area contributed by atoms with Crippen LogP contribution in [0.15, 0.2) is 48.5 Å². The molecule has 0 aromatic heterocycles. The largest absolute Gasteiger partial charge is 0.452 e. The molecule has 0 atom stereocenters. The molecule has 1 N–H and O–H groups in total. The first-order valence-corrected chi connectivity index (χ1v) is 7.20. The van der Waals surface area contributed by atoms with Gasteiger partial charge in [0, 0.05) is 17.1 Å². The van der Waals surface area contributed by atoms with E-state index in [2.05, 4.69) is 5.32 Å². The van der Waals surface area contributed by atoms with Gasteiger partial charge in [-0.25, -0.2) is 4.79 Å². The van der Waals surface area contributed by atoms with Gasteiger partial charge in [0.25, 0.3) is 5.91 Å². The van der Waals surface area contributed by atoms with Crippen molar-refractivity contribution >= 4 is 29.8 Å². The van der Waals surface area contributed by atoms with Crippen LogP contribution in [0.1, 0.15) is 26.3 Å². The smallest absolute Gasteiger partial charge is 0.338 e. The summed E-state index contributed by atoms with van der Waals surface area (Å²) in [5, 5.41) is 3.26. The van der Waals surface area contributed by atoms with Crippen molar-refractivity contribution in [3.8, 4) is 0 Å². The number of amides is 1. The summed E-state index contributed by atoms with van der Waals surface area (Å²) in [7, 11) is 0. The van der Waals surface area contributed by atoms with Gasteiger partial charge in [-0.3, -0.25) is 9.59 Å². The fourth-order valence-electron chi connectivity index (χ4n) is 1.77. The summed E-state index contributed by atoms with van der Waals surface area (Å²) in [5.74, 6) is -1.03. The molecule has 0 heterocycles. The number of benzene rings is 2. The quantitative estimate of drug-likeness (QED) is 0.652. The maximum Gasteiger partial charge on any atom is 0.338 e. The number of nitrogens with one attached hydrogen (secondary N) is 1. The van der Waals surface area contributed by atoms with Crippen LogP contribution in [0.4, 0.5) is 0 Å². The van der Waals surface area contributed by atoms with Crippen LogP contribution in [-0.4, -0.2) is 24.8 Å². The van der Waals surface area contributed by atoms with Gasteiger partial charge in [-0.05, 0) is 29.8 Å². The fourth-order valence-corrected chi connectivity index (χ4v) is 1.89. The van der Waals surface area contributed by atoms with Gasteiger partial charge in [0.15, 0.2) is 6.61 Å². The van der Waals surface area contributed by atoms with Gasteiger partial charge in [0.05, 0.1) is 5.56 Å². The molecule has 0 radical (unpaired) electrons. The van der Waals surface area contributed by atoms with Crippen LogP contribution in [0.2, 0.25) is 5.02 Å². The molecule has 0 aliphatic heterocycles. The molecule has 0 aliphatic rings. The van der Waals surface area contributed by atoms with Gasteiger partial charge in [-0.15, -0.1) is 0 Å². The molecular formula is C17H14ClNO4. The van der Waals surface area contributed by atoms with Crippen molar-refractivity contribution in [3.05, 3.63) is 70.2 Å². The Morgan fingerprint density at radius 3 is 2.30 bits per heavy atom. The second-order valence-corrected chi connectivity index (χ2v) is 5.16. The highest BCUT2D eigenvalue weighted by Gasteiger charge is 2.10. The molecule has 2 aromatic rings. The third kappa shape index (κ3) is 5.23. The highest BCUT2D eigenvalue weighted by molar-refractivity contribution is 6.30. The summed E-state index contributed by atoms with van der Waals surface area (Å²) in [6.45, 7) is -0.0521. The van der Waals surface area contributed by atoms with Crippen LogP contribution in [0.3, 0.4) is 0 Å². The standard InChI is InChI=1S/C17H14ClNO4/c18-15-7-3-12(4-8-15)9-19-16(21)11-23-17(22)14-5-1-13(10-20)2-6-14/h1-8,10H,9,11H2,(H,19,21). The summed E-state index contributed by atoms with van der Waals surface area (Å²) in [4.78, 5) is 33.9. The molecule has 2 aromatic carbocycles. The number of esters is 1. The zero-order valence-electron chi connectivity index (χ0n) is 12.1. The number of carbonyl (C=O) groups excluding carboxylic acids is 3. The van der Waals surface area contributed by atoms with Crippen molar-refractivity contribution < 1.29 is 19.1 Å². The SMILES string of the molecule is O=Cc1ccc(C(=O)OCC(=O)NCc2ccc(Cl)cc2)cc1. The van der Waals surface area contributed by atoms with Gasteiger partial charge in [-0.2, -0.15) is 0 Å². The Bertz CT molecular complexity index is 696. The van der Waals surface area contributed by atoms with E-state index in [-0.39, 0.29) is 12.2 Å². The predicted octanol–water partition coefficient (Wildman–Crippen LogP) is 2.63. The van der Waals surface area contributed by atoms with Crippen molar-refractivity contribution in [1.29, 1.82) is 0 Å². The summed E-state index contributed by atoms with van der Waals surface area (Å²) in [6.07, 6.45) is 0.680. The lowest BCUT2D eigenvalue weighted by Crippen LogP contribution is -2.28. The molecular weight excluding hydrogens is 318 g/mol. The average Bonchev–Trinajstić information content (AvgIpc) is 2.59. The van der Waals surface area contributed by atoms with Crippen LogP contribution in [0, 0.1) is 0 Å². The van der Waals surface area contributed by atoms with Gasteiger partial charge in [0.1, 0.15) is 6.29 Å². The van der Waals surface area contributed by atoms with Gasteiger partial charge in [-0.1, -0.05) is 35.9 Å². The van der Waals surface area contributed by atoms with Crippen LogP contribution in [-0.2, 0) is 16.1 Å². The van der Waals surface area contributed by atoms with E-state index >= 15 is 0 Å². The Kier molecular flexibility index (Phi) is 5.88. The molecule has 0 fully saturated rings. The van der Waals surface area contributed by atoms with E-state index in [0.29, 0.717) is 23.4 Å². The van der Waals surface area contributed by atoms with Crippen molar-refractivity contribution in [1.82, 2.24) is 5.32 Å². The minimum atomic E-state index is -0.621. The lowest BCUT2D eigenvalue weighted by molar-refractivity contribution is -0.124. The van der Waals surface area contributed by atoms with Crippen LogP contribution in [0.5, 0.6) is 0 Å². The number of halogens is 1. The molecule has 0 spiro atoms. The highest BCUT2D eigenvalue weighted by atomic mass is 35.5. The first-order valence-electron chi connectivity index (χ1n) is 6.82. The van der Waals surface area contributed by atoms with E-state index in [1.807, 2.05) is 0 Å². The van der Waals surface area contributed by atoms with Crippen molar-refractivity contribution in [3.63, 3.8) is 0 Å². The zero-order valence-corrected chi connectivity index (χ0v) is 12.9. The Morgan fingerprint density at radius 1 is 1.04 bits per heavy atom. The Morgan fingerprint density at radius 2 is 1.70 bits per heavy atom. The number of hydrogen-bond donors (Lipinski definition) is 1. The first-order chi connectivity index (χ1) is 11.1. The van der Waals surface area contributed by atoms with E-state index < -0.39 is 11.9 Å². The molecule has 0 bridgehead atoms. The topological polar surface area (TPSA) is 72.5 Å². The number of rotatable bonds is 6. The summed E-state index contributed by atoms with van der Waals surface area (Å²) in [5.41, 5.74) is 1.63. The molecule has 0 unspecified atom stereocenters. The van der Waals surface area contributed by atoms with Gasteiger partial charge in [0.2, 0.25) is 0 Å². The molecule has 5 nitrogen and oxygen atoms in total. The summed E-state index contributed by atoms with van der Waals surface area (Å²) >= 11 is 5.77. The number of ether oxygens (including phenoxy) is 1. The first kappa shape index (κ1) is 16.7. The van der Waals surface area contributed by atoms with Crippen LogP contribution < -0.4 is 5.32 Å². The minimum absolute atomic E-state index is 0.279. The second-order valence-electron chi connectivity index (χ2n) is 4.72. The maximum atomic E-state index is 11.8. The molecule has 23 heavy (non-hydrogen) atoms. The van der Waals surface area contributed by atoms with Gasteiger partial charge < -0.3 is 10.1 Å². The zero-order chi connectivity index (χ0) is 16.7. The minimum Gasteiger partial charge on any atom is -0.452 e. The second kappa shape index (κ2) is 8.10. The summed E-state index contributed by atoms with van der Waals surface area (Å²) in [6, 6.07) is 13.0. The van der Waals surface area contributed by atoms with E-state index in [4.69, 9.17) is 16.3 Å². The van der Waals surface area contributed by atoms with Gasteiger partial charge >= 0.3 is 5.97 Å². The molecule has 0 aliphatic carbocycles. The molecule has 118 valence electrons. The maximum absolute atomic E-state index is 11.8. The Balaban J connectivity index is 1.77. The summed E-state index contributed by atoms with van der Waals surface area (Å²) < 4.78 is 4.91. The van der Waals surface area contributed by atoms with E-state index in [1.54, 1.807) is 24.3 Å². The van der Waals surface area contributed by atoms with Crippen LogP contribution >= 0.6 is 11.6 Å². The normalized spacial score (nSPS) is 9.96. The van der Waals surface area contributed by atoms with Crippen LogP contribution in [0.25, 0.3) is 0 Å². The Labute approximate surface area is 138 Å². The number of aldehydes is 1. The molecule has 1 amide bonds. The van der Waals surface area contributed by atoms with E-state index in [9.17, 15) is 14.4 Å². The third-order valence-corrected chi connectivity index (χ3v) is 3.27. The number of hydrogen-bond acceptors (Lipinski definition) is 4. The van der Waals surface area contributed by atoms with E-state index in [1.165, 1.54) is 24.3 Å². The fraction of sp³-hybridized carbons (Fsp3) is 0.118. The number of carbonyl (C=O) groups is 3. The lowest BCUT2D eigenvalue weighted by atomic mass is 10.1. The predicted molar refractivity (Wildman–Crippen MR) is 85.4 cm³/mol. The average molecular weight is 332 g/mol. The molecule has 0 saturated heterocycles. The Hall–Kier alpha value is -2.66. The third-order valence-electron chi connectivity index (χ3n) is 3.02. The van der Waals surface area contributed by atoms with Crippen molar-refractivity contribution in [2.75, 3.05) is 6.61 Å². The molecule has 0 saturated carbocycles. The highest BCUT2D eigenvalue weighted by Crippen LogP contribution is 2.09. The van der Waals surface area contributed by atoms with E-state index in [0.717, 1.165) is 5.56 Å². The van der Waals surface area contributed by atoms with Crippen molar-refractivity contribution in [2.24, 2.45) is 0 Å². The monoisotopic (exact) mass is 331 g/mol. The van der Waals surface area contributed by atoms with Crippen molar-refractivity contribution in [2.45, 2.75) is 6.54 Å².